The normalized spacial score (nSPS) is 17.6. The largest absolute Gasteiger partial charge is 0.444 e. The van der Waals surface area contributed by atoms with Gasteiger partial charge in [-0.25, -0.2) is 0 Å². The van der Waals surface area contributed by atoms with Crippen LogP contribution in [0.25, 0.3) is 0 Å². The molecule has 0 aliphatic carbocycles. The number of benzene rings is 2. The molecule has 4 heterocycles. The molecular weight excluding hydrogens is 584 g/mol. The van der Waals surface area contributed by atoms with Crippen molar-refractivity contribution < 1.29 is 14.0 Å². The lowest BCUT2D eigenvalue weighted by Crippen LogP contribution is -2.47. The summed E-state index contributed by atoms with van der Waals surface area (Å²) in [7, 11) is 0. The van der Waals surface area contributed by atoms with Crippen LogP contribution in [-0.4, -0.2) is 36.0 Å². The van der Waals surface area contributed by atoms with Gasteiger partial charge in [0.1, 0.15) is 0 Å². The van der Waals surface area contributed by atoms with E-state index in [0.29, 0.717) is 41.5 Å². The number of amides is 2. The average Bonchev–Trinajstić information content (AvgIpc) is 3.40. The molecule has 1 fully saturated rings. The molecule has 2 aromatic carbocycles. The van der Waals surface area contributed by atoms with Crippen molar-refractivity contribution in [1.82, 2.24) is 4.57 Å². The Bertz CT molecular complexity index is 1690. The van der Waals surface area contributed by atoms with Crippen LogP contribution in [-0.2, 0) is 6.54 Å². The molecule has 0 saturated carbocycles. The van der Waals surface area contributed by atoms with Gasteiger partial charge in [-0.15, -0.1) is 0 Å². The van der Waals surface area contributed by atoms with Crippen LogP contribution in [0.3, 0.4) is 0 Å². The molecule has 0 radical (unpaired) electrons. The molecule has 210 valence electrons. The molecule has 2 aliphatic rings. The topological polar surface area (TPSA) is 87.8 Å². The van der Waals surface area contributed by atoms with Crippen molar-refractivity contribution >= 4 is 44.8 Å². The van der Waals surface area contributed by atoms with Crippen LogP contribution >= 0.6 is 15.9 Å². The highest BCUT2D eigenvalue weighted by Crippen LogP contribution is 2.39. The molecule has 2 aliphatic heterocycles. The summed E-state index contributed by atoms with van der Waals surface area (Å²) in [6, 6.07) is 22.1. The van der Waals surface area contributed by atoms with E-state index in [0.717, 1.165) is 35.6 Å². The summed E-state index contributed by atoms with van der Waals surface area (Å²) in [5.74, 6) is 0.105. The van der Waals surface area contributed by atoms with Gasteiger partial charge in [0.25, 0.3) is 17.4 Å². The van der Waals surface area contributed by atoms with Crippen molar-refractivity contribution in [3.8, 4) is 0 Å². The SMILES string of the molecule is CCN(C(=O)c1ccc(N2C[C@H]3C[C@@H](C2)c2cccc(=O)n2C3)c(NC(=O)c2ccc(Br)o2)c1)c1cccc(C)c1. The Morgan fingerprint density at radius 2 is 1.85 bits per heavy atom. The summed E-state index contributed by atoms with van der Waals surface area (Å²) in [5.41, 5.74) is 4.83. The molecule has 4 aromatic rings. The van der Waals surface area contributed by atoms with E-state index in [2.05, 4.69) is 26.1 Å². The molecule has 8 nitrogen and oxygen atoms in total. The van der Waals surface area contributed by atoms with E-state index in [1.165, 1.54) is 0 Å². The highest BCUT2D eigenvalue weighted by atomic mass is 79.9. The number of furan rings is 1. The molecule has 2 bridgehead atoms. The first kappa shape index (κ1) is 27.1. The summed E-state index contributed by atoms with van der Waals surface area (Å²) < 4.78 is 7.86. The van der Waals surface area contributed by atoms with Crippen molar-refractivity contribution in [1.29, 1.82) is 0 Å². The number of rotatable bonds is 6. The van der Waals surface area contributed by atoms with Crippen LogP contribution in [0.1, 0.15) is 51.4 Å². The quantitative estimate of drug-likeness (QED) is 0.285. The second-order valence-corrected chi connectivity index (χ2v) is 11.6. The standard InChI is InChI=1S/C32H31BrN4O4/c1-3-36(24-7-4-6-20(2)14-24)32(40)22-10-11-27(25(16-22)34-31(39)28-12-13-29(33)41-28)35-17-21-15-23(19-35)26-8-5-9-30(38)37(26)18-21/h4-14,16,21,23H,3,15,17-19H2,1-2H3,(H,34,39)/t21-,23+/m1/s1. The molecule has 41 heavy (non-hydrogen) atoms. The lowest BCUT2D eigenvalue weighted by molar-refractivity contribution is 0.0981. The van der Waals surface area contributed by atoms with Crippen LogP contribution in [0.5, 0.6) is 0 Å². The van der Waals surface area contributed by atoms with Gasteiger partial charge in [-0.2, -0.15) is 0 Å². The fourth-order valence-corrected chi connectivity index (χ4v) is 6.46. The maximum atomic E-state index is 13.8. The fraction of sp³-hybridized carbons (Fsp3) is 0.281. The zero-order valence-electron chi connectivity index (χ0n) is 23.0. The monoisotopic (exact) mass is 614 g/mol. The van der Waals surface area contributed by atoms with Gasteiger partial charge in [0.2, 0.25) is 0 Å². The minimum Gasteiger partial charge on any atom is -0.444 e. The summed E-state index contributed by atoms with van der Waals surface area (Å²) in [6.07, 6.45) is 1.01. The van der Waals surface area contributed by atoms with Crippen LogP contribution in [0.2, 0.25) is 0 Å². The van der Waals surface area contributed by atoms with E-state index < -0.39 is 5.91 Å². The van der Waals surface area contributed by atoms with Gasteiger partial charge in [-0.3, -0.25) is 14.4 Å². The predicted octanol–water partition coefficient (Wildman–Crippen LogP) is 6.05. The molecule has 9 heteroatoms. The van der Waals surface area contributed by atoms with Gasteiger partial charge in [-0.1, -0.05) is 18.2 Å². The van der Waals surface area contributed by atoms with Gasteiger partial charge in [0.15, 0.2) is 10.4 Å². The van der Waals surface area contributed by atoms with Gasteiger partial charge in [0.05, 0.1) is 11.4 Å². The molecule has 6 rings (SSSR count). The smallest absolute Gasteiger partial charge is 0.291 e. The molecule has 1 N–H and O–H groups in total. The van der Waals surface area contributed by atoms with Crippen molar-refractivity contribution in [2.75, 3.05) is 34.8 Å². The minimum atomic E-state index is -0.401. The van der Waals surface area contributed by atoms with Gasteiger partial charge < -0.3 is 24.1 Å². The number of hydrogen-bond acceptors (Lipinski definition) is 5. The van der Waals surface area contributed by atoms with E-state index in [1.807, 2.05) is 66.9 Å². The second-order valence-electron chi connectivity index (χ2n) is 10.8. The maximum Gasteiger partial charge on any atom is 0.291 e. The number of aryl methyl sites for hydroxylation is 1. The highest BCUT2D eigenvalue weighted by molar-refractivity contribution is 9.10. The number of pyridine rings is 1. The molecular formula is C32H31BrN4O4. The number of fused-ring (bicyclic) bond motifs is 4. The minimum absolute atomic E-state index is 0.0418. The molecule has 0 unspecified atom stereocenters. The van der Waals surface area contributed by atoms with Crippen LogP contribution in [0.4, 0.5) is 17.1 Å². The first-order valence-electron chi connectivity index (χ1n) is 13.8. The molecule has 2 atom stereocenters. The molecule has 1 saturated heterocycles. The van der Waals surface area contributed by atoms with E-state index in [-0.39, 0.29) is 23.1 Å². The third-order valence-electron chi connectivity index (χ3n) is 7.98. The molecule has 0 spiro atoms. The Kier molecular flexibility index (Phi) is 7.30. The van der Waals surface area contributed by atoms with Crippen molar-refractivity contribution in [3.05, 3.63) is 110 Å². The first-order valence-corrected chi connectivity index (χ1v) is 14.6. The Morgan fingerprint density at radius 1 is 1.02 bits per heavy atom. The lowest BCUT2D eigenvalue weighted by atomic mass is 9.83. The van der Waals surface area contributed by atoms with E-state index in [9.17, 15) is 14.4 Å². The number of piperidine rings is 1. The highest BCUT2D eigenvalue weighted by Gasteiger charge is 2.35. The van der Waals surface area contributed by atoms with Crippen LogP contribution < -0.4 is 20.7 Å². The van der Waals surface area contributed by atoms with Gasteiger partial charge in [-0.05, 0) is 96.2 Å². The Morgan fingerprint density at radius 3 is 2.61 bits per heavy atom. The summed E-state index contributed by atoms with van der Waals surface area (Å²) in [5, 5.41) is 3.01. The number of nitrogens with one attached hydrogen (secondary N) is 1. The van der Waals surface area contributed by atoms with Crippen LogP contribution in [0.15, 0.2) is 86.7 Å². The molecule has 2 aromatic heterocycles. The predicted molar refractivity (Wildman–Crippen MR) is 163 cm³/mol. The first-order chi connectivity index (χ1) is 19.8. The van der Waals surface area contributed by atoms with Crippen molar-refractivity contribution in [3.63, 3.8) is 0 Å². The third-order valence-corrected chi connectivity index (χ3v) is 8.41. The lowest BCUT2D eigenvalue weighted by Gasteiger charge is -2.44. The number of aromatic nitrogens is 1. The van der Waals surface area contributed by atoms with Crippen molar-refractivity contribution in [2.45, 2.75) is 32.7 Å². The fourth-order valence-electron chi connectivity index (χ4n) is 6.15. The zero-order chi connectivity index (χ0) is 28.7. The number of nitrogens with zero attached hydrogens (tertiary/aromatic N) is 3. The zero-order valence-corrected chi connectivity index (χ0v) is 24.6. The number of halogens is 1. The van der Waals surface area contributed by atoms with Crippen molar-refractivity contribution in [2.24, 2.45) is 5.92 Å². The average molecular weight is 616 g/mol. The summed E-state index contributed by atoms with van der Waals surface area (Å²) >= 11 is 3.26. The van der Waals surface area contributed by atoms with E-state index >= 15 is 0 Å². The maximum absolute atomic E-state index is 13.8. The Hall–Kier alpha value is -4.11. The van der Waals surface area contributed by atoms with Gasteiger partial charge >= 0.3 is 0 Å². The Balaban J connectivity index is 1.36. The molecule has 2 amide bonds. The number of carbonyl (C=O) groups is 2. The van der Waals surface area contributed by atoms with E-state index in [1.54, 1.807) is 29.2 Å². The summed E-state index contributed by atoms with van der Waals surface area (Å²) in [6.45, 7) is 6.56. The van der Waals surface area contributed by atoms with Gasteiger partial charge in [0, 0.05) is 55.1 Å². The Labute approximate surface area is 246 Å². The van der Waals surface area contributed by atoms with Crippen LogP contribution in [0, 0.1) is 12.8 Å². The number of carbonyl (C=O) groups excluding carboxylic acids is 2. The summed E-state index contributed by atoms with van der Waals surface area (Å²) in [4.78, 5) is 43.5. The third kappa shape index (κ3) is 5.34. The van der Waals surface area contributed by atoms with E-state index in [4.69, 9.17) is 4.42 Å². The second kappa shape index (κ2) is 11.0. The number of anilines is 3. The number of hydrogen-bond donors (Lipinski definition) is 1.